The molecule has 1 aromatic rings. The van der Waals surface area contributed by atoms with Crippen LogP contribution in [0.1, 0.15) is 5.56 Å². The minimum atomic E-state index is -4.64. The number of hydrogen-bond donors (Lipinski definition) is 3. The Morgan fingerprint density at radius 1 is 1.12 bits per heavy atom. The molecule has 0 bridgehead atoms. The number of methoxy groups -OCH3 is 2. The second-order valence-corrected chi connectivity index (χ2v) is 3.73. The number of benzene rings is 1. The standard InChI is InChI=1S/C9H11O2.Ag.H3O4P/c1-7-4-5-8(10-2)9(6-7)11-3;;1-5(2,3)4/h4-6H,1H2,2-3H3;;(H3,1,2,3,4)/q-1;+1;. The Labute approximate surface area is 115 Å². The summed E-state index contributed by atoms with van der Waals surface area (Å²) in [6.07, 6.45) is 0. The Morgan fingerprint density at radius 3 is 1.88 bits per heavy atom. The predicted molar refractivity (Wildman–Crippen MR) is 58.3 cm³/mol. The first-order valence-electron chi connectivity index (χ1n) is 4.10. The van der Waals surface area contributed by atoms with Crippen molar-refractivity contribution in [1.29, 1.82) is 0 Å². The van der Waals surface area contributed by atoms with Gasteiger partial charge in [-0.15, -0.1) is 6.07 Å². The summed E-state index contributed by atoms with van der Waals surface area (Å²) in [4.78, 5) is 21.6. The molecule has 17 heavy (non-hydrogen) atoms. The fourth-order valence-electron chi connectivity index (χ4n) is 0.881. The van der Waals surface area contributed by atoms with Gasteiger partial charge in [0.25, 0.3) is 0 Å². The molecule has 1 aromatic carbocycles. The SMILES string of the molecule is O=P(O)(O)O.[Ag+].[CH2-]c1ccc(OC)c(OC)c1. The minimum Gasteiger partial charge on any atom is -0.506 e. The zero-order valence-electron chi connectivity index (χ0n) is 9.25. The predicted octanol–water partition coefficient (Wildman–Crippen LogP) is 0.955. The summed E-state index contributed by atoms with van der Waals surface area (Å²) in [6.45, 7) is 3.77. The Kier molecular flexibility index (Phi) is 9.56. The molecular formula is C9H14AgO6P. The van der Waals surface area contributed by atoms with Gasteiger partial charge in [-0.3, -0.25) is 0 Å². The van der Waals surface area contributed by atoms with E-state index in [1.807, 2.05) is 18.2 Å². The molecule has 3 N–H and O–H groups in total. The average Bonchev–Trinajstić information content (AvgIpc) is 2.15. The van der Waals surface area contributed by atoms with Gasteiger partial charge in [0.05, 0.1) is 14.2 Å². The van der Waals surface area contributed by atoms with Crippen LogP contribution in [0.2, 0.25) is 0 Å². The molecule has 0 unspecified atom stereocenters. The van der Waals surface area contributed by atoms with E-state index < -0.39 is 7.82 Å². The Hall–Kier alpha value is -0.460. The second-order valence-electron chi connectivity index (χ2n) is 2.70. The van der Waals surface area contributed by atoms with Crippen LogP contribution in [0.15, 0.2) is 18.2 Å². The molecular weight excluding hydrogens is 343 g/mol. The van der Waals surface area contributed by atoms with Crippen LogP contribution in [0.25, 0.3) is 0 Å². The summed E-state index contributed by atoms with van der Waals surface area (Å²) in [6, 6.07) is 5.54. The quantitative estimate of drug-likeness (QED) is 0.415. The van der Waals surface area contributed by atoms with Crippen LogP contribution in [0.4, 0.5) is 0 Å². The van der Waals surface area contributed by atoms with E-state index in [9.17, 15) is 0 Å². The molecule has 0 radical (unpaired) electrons. The van der Waals surface area contributed by atoms with E-state index in [2.05, 4.69) is 6.92 Å². The van der Waals surface area contributed by atoms with E-state index in [0.717, 1.165) is 17.1 Å². The molecule has 102 valence electrons. The number of phosphoric acid groups is 1. The first-order chi connectivity index (χ1) is 7.27. The van der Waals surface area contributed by atoms with Gasteiger partial charge in [-0.2, -0.15) is 18.6 Å². The normalized spacial score (nSPS) is 9.47. The summed E-state index contributed by atoms with van der Waals surface area (Å²) in [5.41, 5.74) is 0.919. The van der Waals surface area contributed by atoms with Crippen molar-refractivity contribution in [2.24, 2.45) is 0 Å². The van der Waals surface area contributed by atoms with Crippen LogP contribution >= 0.6 is 7.82 Å². The molecule has 0 aliphatic rings. The van der Waals surface area contributed by atoms with E-state index in [1.165, 1.54) is 0 Å². The van der Waals surface area contributed by atoms with E-state index >= 15 is 0 Å². The maximum atomic E-state index is 8.88. The number of hydrogen-bond acceptors (Lipinski definition) is 3. The van der Waals surface area contributed by atoms with Gasteiger partial charge in [0, 0.05) is 0 Å². The summed E-state index contributed by atoms with van der Waals surface area (Å²) >= 11 is 0. The van der Waals surface area contributed by atoms with Crippen LogP contribution in [0.3, 0.4) is 0 Å². The maximum absolute atomic E-state index is 8.88. The first-order valence-corrected chi connectivity index (χ1v) is 5.66. The molecule has 0 saturated carbocycles. The molecule has 0 spiro atoms. The van der Waals surface area contributed by atoms with Crippen molar-refractivity contribution in [2.45, 2.75) is 0 Å². The first kappa shape index (κ1) is 18.9. The van der Waals surface area contributed by atoms with E-state index in [1.54, 1.807) is 14.2 Å². The molecule has 0 aliphatic carbocycles. The van der Waals surface area contributed by atoms with Gasteiger partial charge in [0.1, 0.15) is 11.5 Å². The van der Waals surface area contributed by atoms with Crippen molar-refractivity contribution in [3.8, 4) is 11.5 Å². The van der Waals surface area contributed by atoms with Crippen molar-refractivity contribution in [2.75, 3.05) is 14.2 Å². The van der Waals surface area contributed by atoms with E-state index in [4.69, 9.17) is 28.7 Å². The van der Waals surface area contributed by atoms with Crippen LogP contribution in [-0.4, -0.2) is 28.9 Å². The van der Waals surface area contributed by atoms with Crippen molar-refractivity contribution < 1.29 is 51.1 Å². The third-order valence-electron chi connectivity index (χ3n) is 1.45. The molecule has 0 heterocycles. The second kappa shape index (κ2) is 8.60. The minimum absolute atomic E-state index is 0. The summed E-state index contributed by atoms with van der Waals surface area (Å²) in [7, 11) is -1.42. The zero-order chi connectivity index (χ0) is 12.8. The maximum Gasteiger partial charge on any atom is 1.00 e. The fraction of sp³-hybridized carbons (Fsp3) is 0.222. The largest absolute Gasteiger partial charge is 1.00 e. The summed E-state index contributed by atoms with van der Waals surface area (Å²) in [5, 5.41) is 0. The van der Waals surface area contributed by atoms with Crippen molar-refractivity contribution in [3.05, 3.63) is 30.7 Å². The number of ether oxygens (including phenoxy) is 2. The Balaban J connectivity index is 0. The van der Waals surface area contributed by atoms with E-state index in [0.29, 0.717) is 0 Å². The van der Waals surface area contributed by atoms with Crippen molar-refractivity contribution >= 4 is 7.82 Å². The van der Waals surface area contributed by atoms with Crippen LogP contribution in [0, 0.1) is 6.92 Å². The summed E-state index contributed by atoms with van der Waals surface area (Å²) < 4.78 is 19.0. The van der Waals surface area contributed by atoms with Crippen molar-refractivity contribution in [3.63, 3.8) is 0 Å². The zero-order valence-corrected chi connectivity index (χ0v) is 11.6. The van der Waals surface area contributed by atoms with Gasteiger partial charge in [0.15, 0.2) is 0 Å². The van der Waals surface area contributed by atoms with Crippen molar-refractivity contribution in [1.82, 2.24) is 0 Å². The molecule has 0 saturated heterocycles. The van der Waals surface area contributed by atoms with Gasteiger partial charge in [-0.25, -0.2) is 4.57 Å². The van der Waals surface area contributed by atoms with Crippen LogP contribution in [0.5, 0.6) is 11.5 Å². The van der Waals surface area contributed by atoms with E-state index in [-0.39, 0.29) is 22.4 Å². The molecule has 6 nitrogen and oxygen atoms in total. The summed E-state index contributed by atoms with van der Waals surface area (Å²) in [5.74, 6) is 1.46. The molecule has 0 atom stereocenters. The number of rotatable bonds is 2. The fourth-order valence-corrected chi connectivity index (χ4v) is 0.881. The molecule has 0 amide bonds. The van der Waals surface area contributed by atoms with Gasteiger partial charge >= 0.3 is 30.2 Å². The van der Waals surface area contributed by atoms with Crippen LogP contribution < -0.4 is 9.47 Å². The molecule has 0 fully saturated rings. The molecule has 8 heteroatoms. The van der Waals surface area contributed by atoms with Gasteiger partial charge in [-0.05, 0) is 0 Å². The third-order valence-corrected chi connectivity index (χ3v) is 1.45. The van der Waals surface area contributed by atoms with Gasteiger partial charge in [0.2, 0.25) is 0 Å². The van der Waals surface area contributed by atoms with Gasteiger partial charge in [-0.1, -0.05) is 6.07 Å². The average molecular weight is 357 g/mol. The third kappa shape index (κ3) is 10.4. The Morgan fingerprint density at radius 2 is 1.53 bits per heavy atom. The molecule has 0 aliphatic heterocycles. The Bertz CT molecular complexity index is 369. The van der Waals surface area contributed by atoms with Crippen LogP contribution in [-0.2, 0) is 26.9 Å². The van der Waals surface area contributed by atoms with Gasteiger partial charge < -0.3 is 24.2 Å². The smallest absolute Gasteiger partial charge is 0.506 e. The molecule has 1 rings (SSSR count). The molecule has 0 aromatic heterocycles. The topological polar surface area (TPSA) is 96.2 Å². The monoisotopic (exact) mass is 356 g/mol.